The van der Waals surface area contributed by atoms with E-state index in [1.54, 1.807) is 11.8 Å². The summed E-state index contributed by atoms with van der Waals surface area (Å²) < 4.78 is 5.27. The van der Waals surface area contributed by atoms with Gasteiger partial charge in [-0.1, -0.05) is 25.0 Å². The average Bonchev–Trinajstić information content (AvgIpc) is 3.16. The van der Waals surface area contributed by atoms with E-state index in [2.05, 4.69) is 5.32 Å². The number of amides is 2. The highest BCUT2D eigenvalue weighted by atomic mass is 32.2. The van der Waals surface area contributed by atoms with E-state index >= 15 is 0 Å². The van der Waals surface area contributed by atoms with Crippen LogP contribution in [0.3, 0.4) is 0 Å². The van der Waals surface area contributed by atoms with Crippen LogP contribution in [0.1, 0.15) is 31.2 Å². The van der Waals surface area contributed by atoms with Gasteiger partial charge in [0.25, 0.3) is 0 Å². The lowest BCUT2D eigenvalue weighted by Gasteiger charge is -2.26. The van der Waals surface area contributed by atoms with Crippen molar-refractivity contribution in [3.05, 3.63) is 29.8 Å². The van der Waals surface area contributed by atoms with Crippen LogP contribution in [0.4, 0.5) is 5.69 Å². The number of thioether (sulfide) groups is 1. The number of rotatable bonds is 6. The Labute approximate surface area is 153 Å². The van der Waals surface area contributed by atoms with Crippen molar-refractivity contribution in [1.82, 2.24) is 4.90 Å². The lowest BCUT2D eigenvalue weighted by Crippen LogP contribution is -2.41. The van der Waals surface area contributed by atoms with E-state index in [-0.39, 0.29) is 11.8 Å². The summed E-state index contributed by atoms with van der Waals surface area (Å²) in [5, 5.41) is 3.59. The Morgan fingerprint density at radius 1 is 1.12 bits per heavy atom. The van der Waals surface area contributed by atoms with Crippen LogP contribution in [0, 0.1) is 0 Å². The molecule has 0 aromatic heterocycles. The molecule has 0 unspecified atom stereocenters. The molecule has 2 amide bonds. The van der Waals surface area contributed by atoms with Gasteiger partial charge in [-0.2, -0.15) is 0 Å². The van der Waals surface area contributed by atoms with E-state index in [1.807, 2.05) is 29.2 Å². The molecule has 1 saturated carbocycles. The van der Waals surface area contributed by atoms with Gasteiger partial charge in [-0.15, -0.1) is 11.8 Å². The zero-order valence-corrected chi connectivity index (χ0v) is 15.4. The first-order valence-electron chi connectivity index (χ1n) is 9.06. The van der Waals surface area contributed by atoms with Crippen molar-refractivity contribution in [2.75, 3.05) is 37.4 Å². The van der Waals surface area contributed by atoms with Crippen LogP contribution in [-0.2, 0) is 20.7 Å². The van der Waals surface area contributed by atoms with Crippen LogP contribution in [0.15, 0.2) is 24.3 Å². The van der Waals surface area contributed by atoms with E-state index < -0.39 is 0 Å². The third-order valence-electron chi connectivity index (χ3n) is 4.71. The molecule has 136 valence electrons. The predicted octanol–water partition coefficient (Wildman–Crippen LogP) is 2.70. The fourth-order valence-corrected chi connectivity index (χ4v) is 4.38. The number of anilines is 1. The maximum absolute atomic E-state index is 12.2. The van der Waals surface area contributed by atoms with Gasteiger partial charge in [0, 0.05) is 24.0 Å². The third kappa shape index (κ3) is 5.75. The van der Waals surface area contributed by atoms with Crippen LogP contribution < -0.4 is 5.32 Å². The van der Waals surface area contributed by atoms with Gasteiger partial charge in [-0.3, -0.25) is 9.59 Å². The highest BCUT2D eigenvalue weighted by Crippen LogP contribution is 2.29. The van der Waals surface area contributed by atoms with Crippen molar-refractivity contribution in [1.29, 1.82) is 0 Å². The molecule has 6 heteroatoms. The van der Waals surface area contributed by atoms with Crippen molar-refractivity contribution in [3.63, 3.8) is 0 Å². The molecule has 1 aromatic rings. The Hall–Kier alpha value is -1.53. The number of nitrogens with one attached hydrogen (secondary N) is 1. The fourth-order valence-electron chi connectivity index (χ4n) is 3.25. The van der Waals surface area contributed by atoms with Crippen molar-refractivity contribution < 1.29 is 14.3 Å². The second-order valence-corrected chi connectivity index (χ2v) is 7.92. The number of hydrogen-bond acceptors (Lipinski definition) is 4. The molecule has 0 atom stereocenters. The number of nitrogens with zero attached hydrogens (tertiary/aromatic N) is 1. The van der Waals surface area contributed by atoms with Crippen molar-refractivity contribution in [2.24, 2.45) is 0 Å². The minimum atomic E-state index is 0.0500. The van der Waals surface area contributed by atoms with Crippen LogP contribution in [-0.4, -0.2) is 54.0 Å². The molecule has 25 heavy (non-hydrogen) atoms. The first-order valence-corrected chi connectivity index (χ1v) is 10.1. The lowest BCUT2D eigenvalue weighted by molar-refractivity contribution is -0.134. The monoisotopic (exact) mass is 362 g/mol. The van der Waals surface area contributed by atoms with Crippen LogP contribution in [0.25, 0.3) is 0 Å². The Balaban J connectivity index is 1.43. The largest absolute Gasteiger partial charge is 0.378 e. The maximum Gasteiger partial charge on any atom is 0.234 e. The number of hydrogen-bond donors (Lipinski definition) is 1. The SMILES string of the molecule is O=C(CSC1CCCC1)Nc1ccc(CC(=O)N2CCOCC2)cc1. The number of benzene rings is 1. The number of carbonyl (C=O) groups excluding carboxylic acids is 2. The predicted molar refractivity (Wildman–Crippen MR) is 101 cm³/mol. The standard InChI is InChI=1S/C19H26N2O3S/c22-18(14-25-17-3-1-2-4-17)20-16-7-5-15(6-8-16)13-19(23)21-9-11-24-12-10-21/h5-8,17H,1-4,9-14H2,(H,20,22). The second-order valence-electron chi connectivity index (χ2n) is 6.63. The quantitative estimate of drug-likeness (QED) is 0.845. The topological polar surface area (TPSA) is 58.6 Å². The summed E-state index contributed by atoms with van der Waals surface area (Å²) in [6, 6.07) is 7.58. The molecule has 1 aliphatic heterocycles. The summed E-state index contributed by atoms with van der Waals surface area (Å²) in [5.74, 6) is 0.698. The molecule has 0 spiro atoms. The third-order valence-corrected chi connectivity index (χ3v) is 6.08. The first-order chi connectivity index (χ1) is 12.2. The first kappa shape index (κ1) is 18.3. The average molecular weight is 362 g/mol. The normalized spacial score (nSPS) is 18.3. The van der Waals surface area contributed by atoms with Gasteiger partial charge in [0.2, 0.25) is 11.8 Å². The van der Waals surface area contributed by atoms with Crippen LogP contribution in [0.2, 0.25) is 0 Å². The van der Waals surface area contributed by atoms with Crippen molar-refractivity contribution in [3.8, 4) is 0 Å². The summed E-state index contributed by atoms with van der Waals surface area (Å²) in [7, 11) is 0. The molecule has 1 aromatic carbocycles. The highest BCUT2D eigenvalue weighted by Gasteiger charge is 2.18. The molecular formula is C19H26N2O3S. The summed E-state index contributed by atoms with van der Waals surface area (Å²) in [6.07, 6.45) is 5.47. The minimum Gasteiger partial charge on any atom is -0.378 e. The van der Waals surface area contributed by atoms with Gasteiger partial charge in [0.05, 0.1) is 25.4 Å². The van der Waals surface area contributed by atoms with Gasteiger partial charge in [0.1, 0.15) is 0 Å². The highest BCUT2D eigenvalue weighted by molar-refractivity contribution is 8.00. The van der Waals surface area contributed by atoms with Crippen LogP contribution >= 0.6 is 11.8 Å². The molecular weight excluding hydrogens is 336 g/mol. The Bertz CT molecular complexity index is 579. The Kier molecular flexibility index (Phi) is 6.76. The molecule has 0 radical (unpaired) electrons. The summed E-state index contributed by atoms with van der Waals surface area (Å²) in [5.41, 5.74) is 1.76. The smallest absolute Gasteiger partial charge is 0.234 e. The molecule has 2 fully saturated rings. The molecule has 2 aliphatic rings. The fraction of sp³-hybridized carbons (Fsp3) is 0.579. The van der Waals surface area contributed by atoms with E-state index in [4.69, 9.17) is 4.74 Å². The number of morpholine rings is 1. The molecule has 3 rings (SSSR count). The zero-order chi connectivity index (χ0) is 17.5. The molecule has 1 saturated heterocycles. The summed E-state index contributed by atoms with van der Waals surface area (Å²) in [6.45, 7) is 2.59. The molecule has 1 heterocycles. The van der Waals surface area contributed by atoms with E-state index in [1.165, 1.54) is 25.7 Å². The summed E-state index contributed by atoms with van der Waals surface area (Å²) in [4.78, 5) is 26.1. The van der Waals surface area contributed by atoms with Gasteiger partial charge in [-0.25, -0.2) is 0 Å². The van der Waals surface area contributed by atoms with Gasteiger partial charge >= 0.3 is 0 Å². The number of ether oxygens (including phenoxy) is 1. The van der Waals surface area contributed by atoms with E-state index in [0.29, 0.717) is 43.7 Å². The molecule has 5 nitrogen and oxygen atoms in total. The van der Waals surface area contributed by atoms with Gasteiger partial charge < -0.3 is 15.0 Å². The molecule has 0 bridgehead atoms. The van der Waals surface area contributed by atoms with Crippen molar-refractivity contribution in [2.45, 2.75) is 37.4 Å². The molecule has 1 aliphatic carbocycles. The molecule has 1 N–H and O–H groups in total. The van der Waals surface area contributed by atoms with Crippen molar-refractivity contribution >= 4 is 29.3 Å². The van der Waals surface area contributed by atoms with Crippen LogP contribution in [0.5, 0.6) is 0 Å². The Morgan fingerprint density at radius 3 is 2.48 bits per heavy atom. The minimum absolute atomic E-state index is 0.0500. The second kappa shape index (κ2) is 9.25. The summed E-state index contributed by atoms with van der Waals surface area (Å²) >= 11 is 1.77. The maximum atomic E-state index is 12.2. The Morgan fingerprint density at radius 2 is 1.80 bits per heavy atom. The van der Waals surface area contributed by atoms with Gasteiger partial charge in [0.15, 0.2) is 0 Å². The van der Waals surface area contributed by atoms with E-state index in [0.717, 1.165) is 11.3 Å². The lowest BCUT2D eigenvalue weighted by atomic mass is 10.1. The zero-order valence-electron chi connectivity index (χ0n) is 14.5. The van der Waals surface area contributed by atoms with E-state index in [9.17, 15) is 9.59 Å². The van der Waals surface area contributed by atoms with Gasteiger partial charge in [-0.05, 0) is 30.5 Å². The number of carbonyl (C=O) groups is 2.